The lowest BCUT2D eigenvalue weighted by Crippen LogP contribution is -2.31. The number of benzene rings is 1. The number of halogens is 1. The van der Waals surface area contributed by atoms with Crippen LogP contribution in [0.2, 0.25) is 0 Å². The van der Waals surface area contributed by atoms with Gasteiger partial charge in [0.25, 0.3) is 0 Å². The number of hydrogen-bond donors (Lipinski definition) is 2. The van der Waals surface area contributed by atoms with Crippen molar-refractivity contribution >= 4 is 12.6 Å². The molecule has 2 rings (SSSR count). The third kappa shape index (κ3) is 4.03. The molecule has 0 aromatic heterocycles. The van der Waals surface area contributed by atoms with Crippen LogP contribution in [0.3, 0.4) is 0 Å². The zero-order valence-corrected chi connectivity index (χ0v) is 11.2. The topological polar surface area (TPSA) is 49.7 Å². The van der Waals surface area contributed by atoms with Crippen LogP contribution in [0.5, 0.6) is 0 Å². The van der Waals surface area contributed by atoms with E-state index in [9.17, 15) is 4.39 Å². The van der Waals surface area contributed by atoms with Crippen molar-refractivity contribution in [3.8, 4) is 0 Å². The third-order valence-electron chi connectivity index (χ3n) is 3.77. The zero-order valence-electron chi connectivity index (χ0n) is 11.2. The van der Waals surface area contributed by atoms with E-state index in [2.05, 4.69) is 6.92 Å². The van der Waals surface area contributed by atoms with Crippen LogP contribution in [-0.2, 0) is 11.3 Å². The summed E-state index contributed by atoms with van der Waals surface area (Å²) < 4.78 is 19.2. The molecule has 19 heavy (non-hydrogen) atoms. The average Bonchev–Trinajstić information content (AvgIpc) is 2.37. The Morgan fingerprint density at radius 1 is 1.26 bits per heavy atom. The maximum Gasteiger partial charge on any atom is 0.488 e. The van der Waals surface area contributed by atoms with E-state index < -0.39 is 12.9 Å². The number of hydrogen-bond acceptors (Lipinski definition) is 3. The molecule has 1 saturated carbocycles. The van der Waals surface area contributed by atoms with Crippen molar-refractivity contribution in [3.63, 3.8) is 0 Å². The summed E-state index contributed by atoms with van der Waals surface area (Å²) in [7, 11) is -1.65. The van der Waals surface area contributed by atoms with Gasteiger partial charge in [0.2, 0.25) is 0 Å². The summed E-state index contributed by atoms with van der Waals surface area (Å²) in [4.78, 5) is 0. The molecule has 1 aromatic rings. The van der Waals surface area contributed by atoms with Crippen LogP contribution in [0.1, 0.15) is 38.2 Å². The normalized spacial score (nSPS) is 23.4. The first-order valence-electron chi connectivity index (χ1n) is 6.83. The van der Waals surface area contributed by atoms with Crippen molar-refractivity contribution in [2.45, 2.75) is 45.3 Å². The SMILES string of the molecule is CC1CCCCC1OCc1cc(F)cc(B(O)O)c1. The van der Waals surface area contributed by atoms with Crippen molar-refractivity contribution in [2.24, 2.45) is 5.92 Å². The summed E-state index contributed by atoms with van der Waals surface area (Å²) in [5, 5.41) is 18.2. The first-order chi connectivity index (χ1) is 9.06. The van der Waals surface area contributed by atoms with Crippen molar-refractivity contribution in [3.05, 3.63) is 29.6 Å². The van der Waals surface area contributed by atoms with Gasteiger partial charge in [-0.2, -0.15) is 0 Å². The summed E-state index contributed by atoms with van der Waals surface area (Å²) in [5.74, 6) is 0.0612. The van der Waals surface area contributed by atoms with Gasteiger partial charge in [-0.05, 0) is 41.9 Å². The molecular weight excluding hydrogens is 246 g/mol. The van der Waals surface area contributed by atoms with Crippen LogP contribution in [0.4, 0.5) is 4.39 Å². The van der Waals surface area contributed by atoms with E-state index in [1.54, 1.807) is 6.07 Å². The highest BCUT2D eigenvalue weighted by molar-refractivity contribution is 6.58. The standard InChI is InChI=1S/C14H20BFO3/c1-10-4-2-3-5-14(10)19-9-11-6-12(15(17)18)8-13(16)7-11/h6-8,10,14,17-18H,2-5,9H2,1H3. The molecule has 0 radical (unpaired) electrons. The van der Waals surface area contributed by atoms with E-state index in [1.165, 1.54) is 25.3 Å². The van der Waals surface area contributed by atoms with Gasteiger partial charge in [-0.3, -0.25) is 0 Å². The van der Waals surface area contributed by atoms with Crippen LogP contribution >= 0.6 is 0 Å². The smallest absolute Gasteiger partial charge is 0.423 e. The quantitative estimate of drug-likeness (QED) is 0.814. The fraction of sp³-hybridized carbons (Fsp3) is 0.571. The molecule has 5 heteroatoms. The molecular formula is C14H20BFO3. The number of rotatable bonds is 4. The molecule has 0 bridgehead atoms. The fourth-order valence-electron chi connectivity index (χ4n) is 2.64. The zero-order chi connectivity index (χ0) is 13.8. The highest BCUT2D eigenvalue weighted by atomic mass is 19.1. The summed E-state index contributed by atoms with van der Waals surface area (Å²) in [5.41, 5.74) is 0.802. The maximum atomic E-state index is 13.4. The molecule has 0 aliphatic heterocycles. The Balaban J connectivity index is 1.98. The summed E-state index contributed by atoms with van der Waals surface area (Å²) in [6.45, 7) is 2.49. The molecule has 3 nitrogen and oxygen atoms in total. The molecule has 104 valence electrons. The molecule has 2 unspecified atom stereocenters. The van der Waals surface area contributed by atoms with Crippen molar-refractivity contribution in [1.29, 1.82) is 0 Å². The Bertz CT molecular complexity index is 425. The molecule has 1 fully saturated rings. The molecule has 0 amide bonds. The Morgan fingerprint density at radius 2 is 2.00 bits per heavy atom. The molecule has 1 aromatic carbocycles. The first kappa shape index (κ1) is 14.5. The van der Waals surface area contributed by atoms with Crippen LogP contribution in [0.25, 0.3) is 0 Å². The monoisotopic (exact) mass is 266 g/mol. The van der Waals surface area contributed by atoms with E-state index >= 15 is 0 Å². The van der Waals surface area contributed by atoms with Crippen LogP contribution < -0.4 is 5.46 Å². The highest BCUT2D eigenvalue weighted by Gasteiger charge is 2.22. The second kappa shape index (κ2) is 6.50. The van der Waals surface area contributed by atoms with Gasteiger partial charge in [0.1, 0.15) is 5.82 Å². The van der Waals surface area contributed by atoms with Gasteiger partial charge >= 0.3 is 7.12 Å². The second-order valence-electron chi connectivity index (χ2n) is 5.38. The van der Waals surface area contributed by atoms with Crippen molar-refractivity contribution < 1.29 is 19.2 Å². The third-order valence-corrected chi connectivity index (χ3v) is 3.77. The molecule has 0 saturated heterocycles. The van der Waals surface area contributed by atoms with E-state index in [0.717, 1.165) is 12.5 Å². The highest BCUT2D eigenvalue weighted by Crippen LogP contribution is 2.26. The minimum Gasteiger partial charge on any atom is -0.423 e. The van der Waals surface area contributed by atoms with Gasteiger partial charge < -0.3 is 14.8 Å². The Hall–Kier alpha value is -0.905. The van der Waals surface area contributed by atoms with E-state index in [1.807, 2.05) is 0 Å². The minimum atomic E-state index is -1.65. The minimum absolute atomic E-state index is 0.162. The summed E-state index contributed by atoms with van der Waals surface area (Å²) in [6, 6.07) is 4.07. The van der Waals surface area contributed by atoms with Crippen molar-refractivity contribution in [1.82, 2.24) is 0 Å². The van der Waals surface area contributed by atoms with Gasteiger partial charge in [-0.1, -0.05) is 25.8 Å². The van der Waals surface area contributed by atoms with Crippen molar-refractivity contribution in [2.75, 3.05) is 0 Å². The lowest BCUT2D eigenvalue weighted by molar-refractivity contribution is -0.0155. The summed E-state index contributed by atoms with van der Waals surface area (Å²) >= 11 is 0. The van der Waals surface area contributed by atoms with E-state index in [0.29, 0.717) is 18.1 Å². The molecule has 0 heterocycles. The van der Waals surface area contributed by atoms with E-state index in [4.69, 9.17) is 14.8 Å². The lowest BCUT2D eigenvalue weighted by Gasteiger charge is -2.28. The number of ether oxygens (including phenoxy) is 1. The van der Waals surface area contributed by atoms with Crippen LogP contribution in [0, 0.1) is 11.7 Å². The van der Waals surface area contributed by atoms with E-state index in [-0.39, 0.29) is 11.6 Å². The molecule has 1 aliphatic rings. The Morgan fingerprint density at radius 3 is 2.68 bits per heavy atom. The Kier molecular flexibility index (Phi) is 4.96. The average molecular weight is 266 g/mol. The summed E-state index contributed by atoms with van der Waals surface area (Å²) in [6.07, 6.45) is 4.88. The first-order valence-corrected chi connectivity index (χ1v) is 6.83. The molecule has 2 N–H and O–H groups in total. The largest absolute Gasteiger partial charge is 0.488 e. The van der Waals surface area contributed by atoms with Gasteiger partial charge in [0, 0.05) is 0 Å². The predicted octanol–water partition coefficient (Wildman–Crippen LogP) is 1.60. The van der Waals surface area contributed by atoms with Crippen LogP contribution in [0.15, 0.2) is 18.2 Å². The molecule has 2 atom stereocenters. The molecule has 1 aliphatic carbocycles. The Labute approximate surface area is 113 Å². The van der Waals surface area contributed by atoms with Crippen LogP contribution in [-0.4, -0.2) is 23.3 Å². The predicted molar refractivity (Wildman–Crippen MR) is 72.4 cm³/mol. The van der Waals surface area contributed by atoms with Gasteiger partial charge in [-0.15, -0.1) is 0 Å². The fourth-order valence-corrected chi connectivity index (χ4v) is 2.64. The molecule has 0 spiro atoms. The second-order valence-corrected chi connectivity index (χ2v) is 5.38. The lowest BCUT2D eigenvalue weighted by atomic mass is 9.79. The van der Waals surface area contributed by atoms with Gasteiger partial charge in [0.15, 0.2) is 0 Å². The maximum absolute atomic E-state index is 13.4. The van der Waals surface area contributed by atoms with Gasteiger partial charge in [-0.25, -0.2) is 4.39 Å². The van der Waals surface area contributed by atoms with Gasteiger partial charge in [0.05, 0.1) is 12.7 Å².